The van der Waals surface area contributed by atoms with Crippen LogP contribution in [0, 0.1) is 5.92 Å². The summed E-state index contributed by atoms with van der Waals surface area (Å²) >= 11 is 0. The van der Waals surface area contributed by atoms with Crippen molar-refractivity contribution < 1.29 is 27.8 Å². The van der Waals surface area contributed by atoms with Gasteiger partial charge in [-0.05, 0) is 62.0 Å². The lowest BCUT2D eigenvalue weighted by atomic mass is 9.80. The number of hydrogen-bond donors (Lipinski definition) is 3. The van der Waals surface area contributed by atoms with Crippen molar-refractivity contribution in [1.29, 1.82) is 0 Å². The number of aromatic nitrogens is 4. The van der Waals surface area contributed by atoms with Gasteiger partial charge in [0.15, 0.2) is 5.65 Å². The number of aliphatic carboxylic acids is 1. The zero-order valence-electron chi connectivity index (χ0n) is 19.9. The molecular weight excluding hydrogens is 479 g/mol. The third-order valence-electron chi connectivity index (χ3n) is 6.44. The number of nitrogens with two attached hydrogens (primary N) is 1. The molecule has 194 valence electrons. The predicted octanol–water partition coefficient (Wildman–Crippen LogP) is 3.11. The molecule has 2 aromatic heterocycles. The fourth-order valence-corrected chi connectivity index (χ4v) is 4.37. The van der Waals surface area contributed by atoms with Crippen LogP contribution in [-0.2, 0) is 17.8 Å². The molecule has 0 radical (unpaired) electrons. The van der Waals surface area contributed by atoms with Gasteiger partial charge < -0.3 is 25.8 Å². The lowest BCUT2D eigenvalue weighted by Gasteiger charge is -2.34. The molecule has 0 atom stereocenters. The molecule has 1 fully saturated rings. The summed E-state index contributed by atoms with van der Waals surface area (Å²) in [5.74, 6) is -0.796. The number of ether oxygens (including phenoxy) is 1. The van der Waals surface area contributed by atoms with Crippen molar-refractivity contribution in [3.8, 4) is 5.75 Å². The molecule has 3 heterocycles. The summed E-state index contributed by atoms with van der Waals surface area (Å²) in [5.41, 5.74) is 10.2. The van der Waals surface area contributed by atoms with E-state index in [1.165, 1.54) is 11.1 Å². The normalized spacial score (nSPS) is 19.6. The number of methoxy groups -OCH3 is 1. The van der Waals surface area contributed by atoms with E-state index in [0.29, 0.717) is 17.9 Å². The molecule has 5 rings (SSSR count). The van der Waals surface area contributed by atoms with E-state index in [1.54, 1.807) is 7.11 Å². The Morgan fingerprint density at radius 3 is 2.64 bits per heavy atom. The minimum absolute atomic E-state index is 0.373. The van der Waals surface area contributed by atoms with Gasteiger partial charge in [-0.25, -0.2) is 14.5 Å². The highest BCUT2D eigenvalue weighted by Gasteiger charge is 2.38. The lowest BCUT2D eigenvalue weighted by Crippen LogP contribution is -2.32. The third-order valence-corrected chi connectivity index (χ3v) is 6.44. The molecule has 1 saturated carbocycles. The molecule has 0 saturated heterocycles. The Kier molecular flexibility index (Phi) is 7.31. The Hall–Kier alpha value is -3.45. The maximum Gasteiger partial charge on any atom is 0.490 e. The van der Waals surface area contributed by atoms with Gasteiger partial charge in [-0.15, -0.1) is 0 Å². The van der Waals surface area contributed by atoms with E-state index in [2.05, 4.69) is 39.5 Å². The number of halogens is 3. The van der Waals surface area contributed by atoms with E-state index in [4.69, 9.17) is 25.4 Å². The lowest BCUT2D eigenvalue weighted by molar-refractivity contribution is -0.192. The van der Waals surface area contributed by atoms with E-state index < -0.39 is 12.1 Å². The maximum atomic E-state index is 10.6. The molecule has 0 bridgehead atoms. The van der Waals surface area contributed by atoms with Gasteiger partial charge in [0.1, 0.15) is 5.75 Å². The maximum absolute atomic E-state index is 10.6. The zero-order valence-corrected chi connectivity index (χ0v) is 19.9. The second kappa shape index (κ2) is 10.3. The van der Waals surface area contributed by atoms with Crippen LogP contribution in [-0.4, -0.2) is 69.1 Å². The molecule has 13 heteroatoms. The van der Waals surface area contributed by atoms with Crippen molar-refractivity contribution in [2.24, 2.45) is 11.7 Å². The van der Waals surface area contributed by atoms with Crippen LogP contribution in [0.5, 0.6) is 5.75 Å². The number of anilines is 2. The Morgan fingerprint density at radius 2 is 2.00 bits per heavy atom. The number of carboxylic acids is 1. The minimum Gasteiger partial charge on any atom is -0.495 e. The van der Waals surface area contributed by atoms with Crippen molar-refractivity contribution in [1.82, 2.24) is 24.6 Å². The number of benzene rings is 1. The molecule has 1 aliphatic carbocycles. The topological polar surface area (TPSA) is 131 Å². The number of likely N-dealkylation sites (N-methyl/N-ethyl adjacent to an activating group) is 1. The van der Waals surface area contributed by atoms with Crippen LogP contribution in [0.3, 0.4) is 0 Å². The number of nitrogens with zero attached hydrogens (tertiary/aromatic N) is 5. The van der Waals surface area contributed by atoms with Gasteiger partial charge in [-0.3, -0.25) is 0 Å². The summed E-state index contributed by atoms with van der Waals surface area (Å²) in [6.45, 7) is 2.74. The summed E-state index contributed by atoms with van der Waals surface area (Å²) in [6.07, 6.45) is 1.74. The van der Waals surface area contributed by atoms with Crippen LogP contribution in [0.2, 0.25) is 0 Å². The average Bonchev–Trinajstić information content (AvgIpc) is 3.20. The first kappa shape index (κ1) is 25.6. The number of carbonyl (C=O) groups is 1. The highest BCUT2D eigenvalue weighted by Crippen LogP contribution is 2.38. The Bertz CT molecular complexity index is 1240. The van der Waals surface area contributed by atoms with Gasteiger partial charge in [0.2, 0.25) is 5.95 Å². The van der Waals surface area contributed by atoms with Gasteiger partial charge in [-0.1, -0.05) is 0 Å². The molecule has 0 spiro atoms. The molecule has 2 aliphatic rings. The number of rotatable bonds is 5. The Labute approximate surface area is 205 Å². The standard InChI is InChI=1S/C21H27N7O.C2HF3O2/c1-27-4-3-14-8-19(29-2)18(7-15(14)12-27)25-21-23-10-16-11-24-28(20(16)26-21)17-5-13(6-17)9-22;3-2(4,5)1(6)7/h7-8,10-11,13,17H,3-6,9,12,22H2,1-2H3,(H,23,25,26);(H,6,7). The van der Waals surface area contributed by atoms with Crippen LogP contribution < -0.4 is 15.8 Å². The second-order valence-corrected chi connectivity index (χ2v) is 9.03. The van der Waals surface area contributed by atoms with Crippen LogP contribution in [0.25, 0.3) is 11.0 Å². The van der Waals surface area contributed by atoms with Crippen molar-refractivity contribution >= 4 is 28.6 Å². The first-order valence-corrected chi connectivity index (χ1v) is 11.4. The average molecular weight is 508 g/mol. The monoisotopic (exact) mass is 507 g/mol. The number of carboxylic acid groups (broad SMARTS) is 1. The van der Waals surface area contributed by atoms with E-state index in [9.17, 15) is 13.2 Å². The highest BCUT2D eigenvalue weighted by atomic mass is 19.4. The fraction of sp³-hybridized carbons (Fsp3) is 0.478. The third kappa shape index (κ3) is 5.51. The quantitative estimate of drug-likeness (QED) is 0.477. The molecule has 0 unspecified atom stereocenters. The number of hydrogen-bond acceptors (Lipinski definition) is 8. The summed E-state index contributed by atoms with van der Waals surface area (Å²) in [7, 11) is 3.85. The van der Waals surface area contributed by atoms with Gasteiger partial charge in [0.05, 0.1) is 30.4 Å². The molecule has 1 aliphatic heterocycles. The van der Waals surface area contributed by atoms with E-state index in [1.807, 2.05) is 17.1 Å². The van der Waals surface area contributed by atoms with Crippen molar-refractivity contribution in [2.75, 3.05) is 32.6 Å². The number of nitrogens with one attached hydrogen (secondary N) is 1. The van der Waals surface area contributed by atoms with E-state index in [0.717, 1.165) is 61.4 Å². The Balaban J connectivity index is 0.000000384. The van der Waals surface area contributed by atoms with Gasteiger partial charge in [-0.2, -0.15) is 23.3 Å². The van der Waals surface area contributed by atoms with Crippen LogP contribution >= 0.6 is 0 Å². The molecule has 4 N–H and O–H groups in total. The molecular formula is C23H28F3N7O3. The van der Waals surface area contributed by atoms with Crippen molar-refractivity contribution in [3.05, 3.63) is 35.7 Å². The summed E-state index contributed by atoms with van der Waals surface area (Å²) < 4.78 is 39.4. The smallest absolute Gasteiger partial charge is 0.490 e. The fourth-order valence-electron chi connectivity index (χ4n) is 4.37. The molecule has 0 amide bonds. The van der Waals surface area contributed by atoms with Gasteiger partial charge in [0, 0.05) is 19.3 Å². The second-order valence-electron chi connectivity index (χ2n) is 9.03. The van der Waals surface area contributed by atoms with Gasteiger partial charge in [0.25, 0.3) is 0 Å². The first-order valence-electron chi connectivity index (χ1n) is 11.4. The van der Waals surface area contributed by atoms with Gasteiger partial charge >= 0.3 is 12.1 Å². The van der Waals surface area contributed by atoms with Crippen molar-refractivity contribution in [3.63, 3.8) is 0 Å². The Morgan fingerprint density at radius 1 is 1.28 bits per heavy atom. The molecule has 36 heavy (non-hydrogen) atoms. The summed E-state index contributed by atoms with van der Waals surface area (Å²) in [6, 6.07) is 4.67. The number of alkyl halides is 3. The largest absolute Gasteiger partial charge is 0.495 e. The van der Waals surface area contributed by atoms with E-state index >= 15 is 0 Å². The highest BCUT2D eigenvalue weighted by molar-refractivity contribution is 5.76. The predicted molar refractivity (Wildman–Crippen MR) is 126 cm³/mol. The minimum atomic E-state index is -5.08. The summed E-state index contributed by atoms with van der Waals surface area (Å²) in [5, 5.41) is 16.0. The summed E-state index contributed by atoms with van der Waals surface area (Å²) in [4.78, 5) is 20.5. The zero-order chi connectivity index (χ0) is 26.0. The van der Waals surface area contributed by atoms with Crippen LogP contribution in [0.15, 0.2) is 24.5 Å². The molecule has 3 aromatic rings. The number of fused-ring (bicyclic) bond motifs is 2. The molecule has 10 nitrogen and oxygen atoms in total. The molecule has 1 aromatic carbocycles. The van der Waals surface area contributed by atoms with Crippen LogP contribution in [0.4, 0.5) is 24.8 Å². The first-order chi connectivity index (χ1) is 17.1. The van der Waals surface area contributed by atoms with E-state index in [-0.39, 0.29) is 0 Å². The van der Waals surface area contributed by atoms with Crippen LogP contribution in [0.1, 0.15) is 30.0 Å². The SMILES string of the molecule is COc1cc2c(cc1Nc1ncc3cnn(C4CC(CN)C4)c3n1)CN(C)CC2.O=C(O)C(F)(F)F. The van der Waals surface area contributed by atoms with Crippen molar-refractivity contribution in [2.45, 2.75) is 38.0 Å².